The minimum Gasteiger partial charge on any atom is -0.492 e. The molecule has 0 aliphatic rings. The first kappa shape index (κ1) is 25.0. The van der Waals surface area contributed by atoms with Crippen molar-refractivity contribution < 1.29 is 19.1 Å². The van der Waals surface area contributed by atoms with E-state index in [-0.39, 0.29) is 18.9 Å². The van der Waals surface area contributed by atoms with Gasteiger partial charge < -0.3 is 14.8 Å². The molecule has 0 atom stereocenters. The van der Waals surface area contributed by atoms with E-state index in [4.69, 9.17) is 9.47 Å². The Morgan fingerprint density at radius 2 is 1.85 bits per heavy atom. The summed E-state index contributed by atoms with van der Waals surface area (Å²) in [4.78, 5) is 25.3. The van der Waals surface area contributed by atoms with Crippen molar-refractivity contribution in [1.29, 1.82) is 0 Å². The standard InChI is InChI=1S/C26H28BrNO4S/c1-4-18-9-11-19(12-10-18)20-16-33-25(24(20)26(30)31-5-2)28-23(29)7-6-14-32-22-13-8-17(3)15-21(22)27/h8-13,15-16H,4-7,14H2,1-3H3,(H,28,29). The van der Waals surface area contributed by atoms with Crippen molar-refractivity contribution in [2.24, 2.45) is 0 Å². The third kappa shape index (κ3) is 6.68. The van der Waals surface area contributed by atoms with Crippen LogP contribution in [0.1, 0.15) is 48.2 Å². The summed E-state index contributed by atoms with van der Waals surface area (Å²) < 4.78 is 11.9. The van der Waals surface area contributed by atoms with Gasteiger partial charge in [0.25, 0.3) is 0 Å². The van der Waals surface area contributed by atoms with Crippen molar-refractivity contribution in [3.63, 3.8) is 0 Å². The number of thiophene rings is 1. The van der Waals surface area contributed by atoms with E-state index in [0.29, 0.717) is 23.6 Å². The van der Waals surface area contributed by atoms with Crippen LogP contribution in [0.4, 0.5) is 5.00 Å². The summed E-state index contributed by atoms with van der Waals surface area (Å²) in [6, 6.07) is 14.0. The highest BCUT2D eigenvalue weighted by Gasteiger charge is 2.22. The maximum absolute atomic E-state index is 12.7. The average molecular weight is 530 g/mol. The van der Waals surface area contributed by atoms with Crippen LogP contribution in [-0.4, -0.2) is 25.1 Å². The number of carbonyl (C=O) groups is 2. The molecule has 0 saturated heterocycles. The molecule has 0 aliphatic heterocycles. The minimum atomic E-state index is -0.434. The first-order valence-corrected chi connectivity index (χ1v) is 12.7. The second kappa shape index (κ2) is 12.0. The molecule has 0 spiro atoms. The molecule has 3 rings (SSSR count). The number of esters is 1. The summed E-state index contributed by atoms with van der Waals surface area (Å²) in [7, 11) is 0. The smallest absolute Gasteiger partial charge is 0.341 e. The molecule has 0 aliphatic carbocycles. The van der Waals surface area contributed by atoms with Gasteiger partial charge in [0.1, 0.15) is 16.3 Å². The minimum absolute atomic E-state index is 0.165. The second-order valence-electron chi connectivity index (χ2n) is 7.56. The summed E-state index contributed by atoms with van der Waals surface area (Å²) in [5, 5.41) is 5.29. The molecule has 0 fully saturated rings. The molecule has 0 bridgehead atoms. The molecule has 174 valence electrons. The molecule has 33 heavy (non-hydrogen) atoms. The van der Waals surface area contributed by atoms with Crippen molar-refractivity contribution >= 4 is 44.1 Å². The zero-order valence-electron chi connectivity index (χ0n) is 19.1. The average Bonchev–Trinajstić information content (AvgIpc) is 3.21. The molecular weight excluding hydrogens is 502 g/mol. The van der Waals surface area contributed by atoms with Crippen LogP contribution in [0.15, 0.2) is 52.3 Å². The van der Waals surface area contributed by atoms with Gasteiger partial charge in [-0.25, -0.2) is 4.79 Å². The molecule has 0 radical (unpaired) electrons. The molecule has 1 amide bonds. The zero-order chi connectivity index (χ0) is 23.8. The Morgan fingerprint density at radius 3 is 2.52 bits per heavy atom. The highest BCUT2D eigenvalue weighted by atomic mass is 79.9. The number of anilines is 1. The van der Waals surface area contributed by atoms with Gasteiger partial charge in [-0.1, -0.05) is 37.3 Å². The van der Waals surface area contributed by atoms with Gasteiger partial charge in [-0.05, 0) is 71.4 Å². The Bertz CT molecular complexity index is 1110. The lowest BCUT2D eigenvalue weighted by Gasteiger charge is -2.10. The highest BCUT2D eigenvalue weighted by molar-refractivity contribution is 9.10. The number of nitrogens with one attached hydrogen (secondary N) is 1. The number of carbonyl (C=O) groups excluding carboxylic acids is 2. The first-order valence-electron chi connectivity index (χ1n) is 11.0. The van der Waals surface area contributed by atoms with E-state index in [1.165, 1.54) is 16.9 Å². The monoisotopic (exact) mass is 529 g/mol. The third-order valence-corrected chi connectivity index (χ3v) is 6.60. The Kier molecular flexibility index (Phi) is 9.09. The Morgan fingerprint density at radius 1 is 1.09 bits per heavy atom. The molecule has 0 saturated carbocycles. The number of amides is 1. The van der Waals surface area contributed by atoms with Crippen LogP contribution in [0, 0.1) is 6.92 Å². The van der Waals surface area contributed by atoms with E-state index in [1.54, 1.807) is 6.92 Å². The summed E-state index contributed by atoms with van der Waals surface area (Å²) in [6.45, 7) is 6.56. The van der Waals surface area contributed by atoms with Crippen LogP contribution in [0.25, 0.3) is 11.1 Å². The van der Waals surface area contributed by atoms with E-state index in [1.807, 2.05) is 54.8 Å². The van der Waals surface area contributed by atoms with Crippen LogP contribution in [0.5, 0.6) is 5.75 Å². The maximum Gasteiger partial charge on any atom is 0.341 e. The Hall–Kier alpha value is -2.64. The molecule has 0 unspecified atom stereocenters. The van der Waals surface area contributed by atoms with Gasteiger partial charge >= 0.3 is 5.97 Å². The maximum atomic E-state index is 12.7. The van der Waals surface area contributed by atoms with Crippen LogP contribution in [-0.2, 0) is 16.0 Å². The van der Waals surface area contributed by atoms with Crippen molar-refractivity contribution in [2.45, 2.75) is 40.0 Å². The number of hydrogen-bond donors (Lipinski definition) is 1. The summed E-state index contributed by atoms with van der Waals surface area (Å²) in [6.07, 6.45) is 1.78. The van der Waals surface area contributed by atoms with Gasteiger partial charge in [-0.2, -0.15) is 0 Å². The molecule has 1 N–H and O–H groups in total. The molecule has 7 heteroatoms. The quantitative estimate of drug-likeness (QED) is 0.226. The summed E-state index contributed by atoms with van der Waals surface area (Å²) >= 11 is 4.82. The summed E-state index contributed by atoms with van der Waals surface area (Å²) in [5.41, 5.74) is 4.45. The Labute approximate surface area is 207 Å². The van der Waals surface area contributed by atoms with Crippen molar-refractivity contribution in [3.05, 3.63) is 69.0 Å². The van der Waals surface area contributed by atoms with E-state index < -0.39 is 5.97 Å². The van der Waals surface area contributed by atoms with E-state index in [0.717, 1.165) is 33.3 Å². The van der Waals surface area contributed by atoms with E-state index >= 15 is 0 Å². The zero-order valence-corrected chi connectivity index (χ0v) is 21.5. The third-order valence-electron chi connectivity index (χ3n) is 5.09. The predicted octanol–water partition coefficient (Wildman–Crippen LogP) is 7.02. The molecule has 1 heterocycles. The van der Waals surface area contributed by atoms with Crippen molar-refractivity contribution in [1.82, 2.24) is 0 Å². The van der Waals surface area contributed by atoms with Crippen molar-refractivity contribution in [2.75, 3.05) is 18.5 Å². The fourth-order valence-electron chi connectivity index (χ4n) is 3.32. The number of rotatable bonds is 10. The highest BCUT2D eigenvalue weighted by Crippen LogP contribution is 2.36. The van der Waals surface area contributed by atoms with Crippen LogP contribution < -0.4 is 10.1 Å². The summed E-state index contributed by atoms with van der Waals surface area (Å²) in [5.74, 6) is 0.153. The Balaban J connectivity index is 1.65. The molecular formula is C26H28BrNO4S. The number of ether oxygens (including phenoxy) is 2. The number of benzene rings is 2. The van der Waals surface area contributed by atoms with Crippen LogP contribution >= 0.6 is 27.3 Å². The first-order chi connectivity index (χ1) is 15.9. The molecule has 1 aromatic heterocycles. The number of aryl methyl sites for hydroxylation is 2. The fraction of sp³-hybridized carbons (Fsp3) is 0.308. The van der Waals surface area contributed by atoms with Gasteiger partial charge in [-0.15, -0.1) is 11.3 Å². The normalized spacial score (nSPS) is 10.7. The molecule has 3 aromatic rings. The lowest BCUT2D eigenvalue weighted by Crippen LogP contribution is -2.15. The lowest BCUT2D eigenvalue weighted by atomic mass is 10.0. The number of hydrogen-bond acceptors (Lipinski definition) is 5. The van der Waals surface area contributed by atoms with E-state index in [2.05, 4.69) is 28.2 Å². The second-order valence-corrected chi connectivity index (χ2v) is 9.29. The van der Waals surface area contributed by atoms with Gasteiger partial charge in [0.15, 0.2) is 0 Å². The largest absolute Gasteiger partial charge is 0.492 e. The lowest BCUT2D eigenvalue weighted by molar-refractivity contribution is -0.116. The SMILES string of the molecule is CCOC(=O)c1c(-c2ccc(CC)cc2)csc1NC(=O)CCCOc1ccc(C)cc1Br. The van der Waals surface area contributed by atoms with Gasteiger partial charge in [0.2, 0.25) is 5.91 Å². The van der Waals surface area contributed by atoms with Crippen molar-refractivity contribution in [3.8, 4) is 16.9 Å². The molecule has 5 nitrogen and oxygen atoms in total. The van der Waals surface area contributed by atoms with Gasteiger partial charge in [0, 0.05) is 17.4 Å². The molecule has 2 aromatic carbocycles. The van der Waals surface area contributed by atoms with Gasteiger partial charge in [-0.3, -0.25) is 4.79 Å². The topological polar surface area (TPSA) is 64.6 Å². The number of halogens is 1. The fourth-order valence-corrected chi connectivity index (χ4v) is 4.90. The van der Waals surface area contributed by atoms with Crippen LogP contribution in [0.3, 0.4) is 0 Å². The van der Waals surface area contributed by atoms with Gasteiger partial charge in [0.05, 0.1) is 17.7 Å². The van der Waals surface area contributed by atoms with E-state index in [9.17, 15) is 9.59 Å². The van der Waals surface area contributed by atoms with Crippen LogP contribution in [0.2, 0.25) is 0 Å². The predicted molar refractivity (Wildman–Crippen MR) is 137 cm³/mol.